The van der Waals surface area contributed by atoms with Crippen molar-refractivity contribution in [3.8, 4) is 5.75 Å². The van der Waals surface area contributed by atoms with Crippen molar-refractivity contribution in [2.24, 2.45) is 5.92 Å². The van der Waals surface area contributed by atoms with Gasteiger partial charge >= 0.3 is 0 Å². The van der Waals surface area contributed by atoms with Gasteiger partial charge in [0.05, 0.1) is 0 Å². The first-order valence-electron chi connectivity index (χ1n) is 7.92. The highest BCUT2D eigenvalue weighted by atomic mass is 16.5. The normalized spacial score (nSPS) is 17.5. The minimum absolute atomic E-state index is 0.0979. The Morgan fingerprint density at radius 3 is 2.62 bits per heavy atom. The smallest absolute Gasteiger partial charge is 0.263 e. The molecule has 1 aliphatic rings. The highest BCUT2D eigenvalue weighted by Gasteiger charge is 2.26. The highest BCUT2D eigenvalue weighted by Crippen LogP contribution is 2.18. The van der Waals surface area contributed by atoms with Crippen LogP contribution < -0.4 is 10.1 Å². The summed E-state index contributed by atoms with van der Waals surface area (Å²) < 4.78 is 5.72. The Kier molecular flexibility index (Phi) is 6.05. The molecule has 4 nitrogen and oxygen atoms in total. The number of likely N-dealkylation sites (tertiary alicyclic amines) is 1. The van der Waals surface area contributed by atoms with Crippen molar-refractivity contribution in [1.82, 2.24) is 10.2 Å². The zero-order chi connectivity index (χ0) is 15.1. The third kappa shape index (κ3) is 4.74. The summed E-state index contributed by atoms with van der Waals surface area (Å²) in [7, 11) is 0. The number of nitrogens with zero attached hydrogens (tertiary/aromatic N) is 1. The quantitative estimate of drug-likeness (QED) is 0.874. The highest BCUT2D eigenvalue weighted by molar-refractivity contribution is 5.81. The lowest BCUT2D eigenvalue weighted by atomic mass is 9.96. The largest absolute Gasteiger partial charge is 0.481 e. The molecule has 1 N–H and O–H groups in total. The molecule has 1 atom stereocenters. The van der Waals surface area contributed by atoms with Gasteiger partial charge in [0.2, 0.25) is 0 Å². The van der Waals surface area contributed by atoms with E-state index >= 15 is 0 Å². The van der Waals surface area contributed by atoms with Crippen LogP contribution in [0.2, 0.25) is 0 Å². The summed E-state index contributed by atoms with van der Waals surface area (Å²) in [5.41, 5.74) is 0. The number of para-hydroxylation sites is 1. The van der Waals surface area contributed by atoms with E-state index in [-0.39, 0.29) is 5.91 Å². The number of carbonyl (C=O) groups is 1. The fourth-order valence-corrected chi connectivity index (χ4v) is 2.72. The Morgan fingerprint density at radius 1 is 1.33 bits per heavy atom. The van der Waals surface area contributed by atoms with Gasteiger partial charge in [-0.2, -0.15) is 0 Å². The Morgan fingerprint density at radius 2 is 2.00 bits per heavy atom. The van der Waals surface area contributed by atoms with E-state index in [9.17, 15) is 4.79 Å². The molecule has 0 aromatic heterocycles. The van der Waals surface area contributed by atoms with Gasteiger partial charge < -0.3 is 15.0 Å². The average molecular weight is 290 g/mol. The SMILES string of the molecule is CCNCC1CCN(C(=O)C(C)Oc2ccccc2)CC1. The molecule has 116 valence electrons. The average Bonchev–Trinajstić information content (AvgIpc) is 2.53. The van der Waals surface area contributed by atoms with E-state index < -0.39 is 6.10 Å². The fraction of sp³-hybridized carbons (Fsp3) is 0.588. The van der Waals surface area contributed by atoms with Crippen LogP contribution in [0, 0.1) is 5.92 Å². The summed E-state index contributed by atoms with van der Waals surface area (Å²) in [5, 5.41) is 3.39. The summed E-state index contributed by atoms with van der Waals surface area (Å²) in [6, 6.07) is 9.53. The van der Waals surface area contributed by atoms with Gasteiger partial charge in [0.15, 0.2) is 6.10 Å². The molecule has 0 bridgehead atoms. The predicted octanol–water partition coefficient (Wildman–Crippen LogP) is 2.30. The Hall–Kier alpha value is -1.55. The number of piperidine rings is 1. The Balaban J connectivity index is 1.78. The number of hydrogen-bond donors (Lipinski definition) is 1. The zero-order valence-electron chi connectivity index (χ0n) is 13.0. The second-order valence-corrected chi connectivity index (χ2v) is 5.65. The van der Waals surface area contributed by atoms with Crippen molar-refractivity contribution in [3.05, 3.63) is 30.3 Å². The topological polar surface area (TPSA) is 41.6 Å². The molecule has 0 spiro atoms. The van der Waals surface area contributed by atoms with Crippen molar-refractivity contribution in [2.75, 3.05) is 26.2 Å². The molecule has 1 amide bonds. The number of hydrogen-bond acceptors (Lipinski definition) is 3. The van der Waals surface area contributed by atoms with Crippen molar-refractivity contribution in [1.29, 1.82) is 0 Å². The van der Waals surface area contributed by atoms with Gasteiger partial charge in [0.25, 0.3) is 5.91 Å². The Bertz CT molecular complexity index is 428. The van der Waals surface area contributed by atoms with Crippen LogP contribution in [0.1, 0.15) is 26.7 Å². The molecule has 1 aromatic carbocycles. The van der Waals surface area contributed by atoms with Gasteiger partial charge in [-0.1, -0.05) is 25.1 Å². The van der Waals surface area contributed by atoms with Gasteiger partial charge in [0.1, 0.15) is 5.75 Å². The summed E-state index contributed by atoms with van der Waals surface area (Å²) in [4.78, 5) is 14.3. The van der Waals surface area contributed by atoms with E-state index in [4.69, 9.17) is 4.74 Å². The second-order valence-electron chi connectivity index (χ2n) is 5.65. The van der Waals surface area contributed by atoms with E-state index in [0.717, 1.165) is 44.8 Å². The standard InChI is InChI=1S/C17H26N2O2/c1-3-18-13-15-9-11-19(12-10-15)17(20)14(2)21-16-7-5-4-6-8-16/h4-8,14-15,18H,3,9-13H2,1-2H3. The predicted molar refractivity (Wildman–Crippen MR) is 84.4 cm³/mol. The van der Waals surface area contributed by atoms with Crippen molar-refractivity contribution in [3.63, 3.8) is 0 Å². The first-order valence-corrected chi connectivity index (χ1v) is 7.92. The van der Waals surface area contributed by atoms with Crippen LogP contribution in [0.25, 0.3) is 0 Å². The minimum Gasteiger partial charge on any atom is -0.481 e. The maximum absolute atomic E-state index is 12.4. The molecule has 0 radical (unpaired) electrons. The molecule has 1 unspecified atom stereocenters. The number of carbonyl (C=O) groups excluding carboxylic acids is 1. The maximum atomic E-state index is 12.4. The molecule has 1 aliphatic heterocycles. The van der Waals surface area contributed by atoms with Crippen LogP contribution in [-0.2, 0) is 4.79 Å². The molecule has 21 heavy (non-hydrogen) atoms. The van der Waals surface area contributed by atoms with Gasteiger partial charge in [-0.15, -0.1) is 0 Å². The molecule has 0 saturated carbocycles. The zero-order valence-corrected chi connectivity index (χ0v) is 13.0. The van der Waals surface area contributed by atoms with Crippen molar-refractivity contribution < 1.29 is 9.53 Å². The van der Waals surface area contributed by atoms with Crippen LogP contribution in [-0.4, -0.2) is 43.1 Å². The number of nitrogens with one attached hydrogen (secondary N) is 1. The van der Waals surface area contributed by atoms with Crippen LogP contribution in [0.3, 0.4) is 0 Å². The van der Waals surface area contributed by atoms with Crippen molar-refractivity contribution in [2.45, 2.75) is 32.8 Å². The Labute approximate surface area is 127 Å². The van der Waals surface area contributed by atoms with E-state index in [0.29, 0.717) is 5.92 Å². The van der Waals surface area contributed by atoms with Crippen LogP contribution in [0.5, 0.6) is 5.75 Å². The van der Waals surface area contributed by atoms with Gasteiger partial charge in [-0.3, -0.25) is 4.79 Å². The summed E-state index contributed by atoms with van der Waals surface area (Å²) in [6.45, 7) is 7.73. The third-order valence-electron chi connectivity index (χ3n) is 4.01. The molecular formula is C17H26N2O2. The van der Waals surface area contributed by atoms with Gasteiger partial charge in [0, 0.05) is 13.1 Å². The fourth-order valence-electron chi connectivity index (χ4n) is 2.72. The van der Waals surface area contributed by atoms with E-state index in [1.807, 2.05) is 42.2 Å². The number of amides is 1. The lowest BCUT2D eigenvalue weighted by molar-refractivity contribution is -0.139. The molecule has 2 rings (SSSR count). The lowest BCUT2D eigenvalue weighted by Gasteiger charge is -2.33. The molecule has 4 heteroatoms. The van der Waals surface area contributed by atoms with E-state index in [1.165, 1.54) is 0 Å². The first kappa shape index (κ1) is 15.8. The number of rotatable bonds is 6. The van der Waals surface area contributed by atoms with Gasteiger partial charge in [-0.25, -0.2) is 0 Å². The molecule has 0 aliphatic carbocycles. The van der Waals surface area contributed by atoms with Crippen LogP contribution in [0.15, 0.2) is 30.3 Å². The number of ether oxygens (including phenoxy) is 1. The summed E-state index contributed by atoms with van der Waals surface area (Å²) >= 11 is 0. The van der Waals surface area contributed by atoms with Crippen molar-refractivity contribution >= 4 is 5.91 Å². The summed E-state index contributed by atoms with van der Waals surface area (Å²) in [5.74, 6) is 1.54. The van der Waals surface area contributed by atoms with E-state index in [2.05, 4.69) is 12.2 Å². The molecule has 1 heterocycles. The van der Waals surface area contributed by atoms with Crippen LogP contribution in [0.4, 0.5) is 0 Å². The minimum atomic E-state index is -0.419. The van der Waals surface area contributed by atoms with Crippen LogP contribution >= 0.6 is 0 Å². The molecular weight excluding hydrogens is 264 g/mol. The maximum Gasteiger partial charge on any atom is 0.263 e. The number of benzene rings is 1. The summed E-state index contributed by atoms with van der Waals surface area (Å²) in [6.07, 6.45) is 1.74. The monoisotopic (exact) mass is 290 g/mol. The molecule has 1 saturated heterocycles. The third-order valence-corrected chi connectivity index (χ3v) is 4.01. The second kappa shape index (κ2) is 8.03. The first-order chi connectivity index (χ1) is 10.2. The van der Waals surface area contributed by atoms with E-state index in [1.54, 1.807) is 0 Å². The molecule has 1 fully saturated rings. The van der Waals surface area contributed by atoms with Gasteiger partial charge in [-0.05, 0) is 50.9 Å². The molecule has 1 aromatic rings. The lowest BCUT2D eigenvalue weighted by Crippen LogP contribution is -2.45.